The molecule has 1 saturated carbocycles. The van der Waals surface area contributed by atoms with Gasteiger partial charge in [0.15, 0.2) is 0 Å². The summed E-state index contributed by atoms with van der Waals surface area (Å²) >= 11 is 0. The van der Waals surface area contributed by atoms with Crippen molar-refractivity contribution >= 4 is 0 Å². The van der Waals surface area contributed by atoms with Crippen LogP contribution >= 0.6 is 0 Å². The zero-order valence-corrected chi connectivity index (χ0v) is 12.6. The Hall–Kier alpha value is -0.860. The van der Waals surface area contributed by atoms with Crippen LogP contribution in [0.15, 0.2) is 18.2 Å². The molecular formula is C18H27NO. The number of aliphatic hydroxyl groups excluding tert-OH is 1. The van der Waals surface area contributed by atoms with Gasteiger partial charge in [-0.05, 0) is 68.1 Å². The highest BCUT2D eigenvalue weighted by molar-refractivity contribution is 5.35. The molecule has 0 spiro atoms. The van der Waals surface area contributed by atoms with E-state index in [0.29, 0.717) is 24.6 Å². The molecule has 1 aromatic rings. The van der Waals surface area contributed by atoms with Crippen molar-refractivity contribution in [2.75, 3.05) is 6.61 Å². The van der Waals surface area contributed by atoms with Crippen molar-refractivity contribution in [2.45, 2.75) is 64.0 Å². The van der Waals surface area contributed by atoms with Crippen LogP contribution in [0.2, 0.25) is 0 Å². The summed E-state index contributed by atoms with van der Waals surface area (Å²) in [6.07, 6.45) is 8.82. The smallest absolute Gasteiger partial charge is 0.0474 e. The predicted octanol–water partition coefficient (Wildman–Crippen LogP) is 3.38. The van der Waals surface area contributed by atoms with Crippen LogP contribution in [0.5, 0.6) is 0 Å². The molecule has 2 aliphatic rings. The number of fused-ring (bicyclic) bond motifs is 1. The lowest BCUT2D eigenvalue weighted by molar-refractivity contribution is 0.200. The molecule has 2 aliphatic carbocycles. The maximum absolute atomic E-state index is 9.44. The van der Waals surface area contributed by atoms with Gasteiger partial charge in [0.05, 0.1) is 0 Å². The van der Waals surface area contributed by atoms with Gasteiger partial charge < -0.3 is 10.4 Å². The van der Waals surface area contributed by atoms with Crippen LogP contribution in [0.3, 0.4) is 0 Å². The molecule has 0 aliphatic heterocycles. The molecule has 0 aromatic heterocycles. The van der Waals surface area contributed by atoms with E-state index in [0.717, 1.165) is 0 Å². The first-order valence-corrected chi connectivity index (χ1v) is 8.26. The maximum atomic E-state index is 9.44. The summed E-state index contributed by atoms with van der Waals surface area (Å²) in [7, 11) is 0. The van der Waals surface area contributed by atoms with Gasteiger partial charge in [0.1, 0.15) is 0 Å². The largest absolute Gasteiger partial charge is 0.396 e. The molecule has 0 heterocycles. The Morgan fingerprint density at radius 1 is 1.15 bits per heavy atom. The van der Waals surface area contributed by atoms with E-state index in [4.69, 9.17) is 0 Å². The van der Waals surface area contributed by atoms with Gasteiger partial charge >= 0.3 is 0 Å². The van der Waals surface area contributed by atoms with Gasteiger partial charge in [-0.25, -0.2) is 0 Å². The van der Waals surface area contributed by atoms with Crippen LogP contribution in [0, 0.1) is 5.92 Å². The molecule has 3 rings (SSSR count). The number of hydrogen-bond donors (Lipinski definition) is 2. The lowest BCUT2D eigenvalue weighted by atomic mass is 9.89. The van der Waals surface area contributed by atoms with E-state index in [1.807, 2.05) is 0 Å². The van der Waals surface area contributed by atoms with E-state index in [1.54, 1.807) is 11.1 Å². The first-order chi connectivity index (χ1) is 9.78. The van der Waals surface area contributed by atoms with Crippen LogP contribution in [0.4, 0.5) is 0 Å². The second kappa shape index (κ2) is 6.28. The Morgan fingerprint density at radius 2 is 1.95 bits per heavy atom. The molecule has 110 valence electrons. The predicted molar refractivity (Wildman–Crippen MR) is 82.8 cm³/mol. The first-order valence-electron chi connectivity index (χ1n) is 8.26. The molecule has 0 radical (unpaired) electrons. The zero-order valence-electron chi connectivity index (χ0n) is 12.6. The fraction of sp³-hybridized carbons (Fsp3) is 0.667. The second-order valence-electron chi connectivity index (χ2n) is 6.60. The molecule has 20 heavy (non-hydrogen) atoms. The number of hydrogen-bond acceptors (Lipinski definition) is 2. The van der Waals surface area contributed by atoms with Gasteiger partial charge in [-0.2, -0.15) is 0 Å². The Labute approximate surface area is 122 Å². The third kappa shape index (κ3) is 2.91. The van der Waals surface area contributed by atoms with Gasteiger partial charge in [0, 0.05) is 18.7 Å². The van der Waals surface area contributed by atoms with Crippen LogP contribution in [-0.2, 0) is 12.8 Å². The minimum Gasteiger partial charge on any atom is -0.396 e. The van der Waals surface area contributed by atoms with Crippen LogP contribution < -0.4 is 5.32 Å². The van der Waals surface area contributed by atoms with Crippen LogP contribution in [-0.4, -0.2) is 17.8 Å². The fourth-order valence-electron chi connectivity index (χ4n) is 3.91. The van der Waals surface area contributed by atoms with E-state index in [-0.39, 0.29) is 0 Å². The number of benzene rings is 1. The quantitative estimate of drug-likeness (QED) is 0.881. The minimum atomic E-state index is 0.328. The summed E-state index contributed by atoms with van der Waals surface area (Å²) in [5.41, 5.74) is 4.53. The molecule has 2 nitrogen and oxygen atoms in total. The lowest BCUT2D eigenvalue weighted by Crippen LogP contribution is -2.35. The Bertz CT molecular complexity index is 457. The molecular weight excluding hydrogens is 246 g/mol. The van der Waals surface area contributed by atoms with Crippen molar-refractivity contribution in [3.05, 3.63) is 34.9 Å². The average molecular weight is 273 g/mol. The van der Waals surface area contributed by atoms with Gasteiger partial charge in [0.2, 0.25) is 0 Å². The van der Waals surface area contributed by atoms with Crippen molar-refractivity contribution in [2.24, 2.45) is 5.92 Å². The highest BCUT2D eigenvalue weighted by atomic mass is 16.3. The van der Waals surface area contributed by atoms with Crippen molar-refractivity contribution in [1.82, 2.24) is 5.32 Å². The Balaban J connectivity index is 1.69. The van der Waals surface area contributed by atoms with E-state index in [9.17, 15) is 5.11 Å². The third-order valence-electron chi connectivity index (χ3n) is 5.23. The van der Waals surface area contributed by atoms with E-state index < -0.39 is 0 Å². The van der Waals surface area contributed by atoms with E-state index >= 15 is 0 Å². The molecule has 2 N–H and O–H groups in total. The highest BCUT2D eigenvalue weighted by Crippen LogP contribution is 2.29. The highest BCUT2D eigenvalue weighted by Gasteiger charge is 2.27. The fourth-order valence-corrected chi connectivity index (χ4v) is 3.91. The summed E-state index contributed by atoms with van der Waals surface area (Å²) in [4.78, 5) is 0. The normalized spacial score (nSPS) is 27.3. The summed E-state index contributed by atoms with van der Waals surface area (Å²) < 4.78 is 0. The first kappa shape index (κ1) is 14.1. The van der Waals surface area contributed by atoms with Gasteiger partial charge in [0.25, 0.3) is 0 Å². The number of nitrogens with one attached hydrogen (secondary N) is 1. The van der Waals surface area contributed by atoms with E-state index in [2.05, 4.69) is 30.4 Å². The monoisotopic (exact) mass is 273 g/mol. The average Bonchev–Trinajstić information content (AvgIpc) is 2.94. The second-order valence-corrected chi connectivity index (χ2v) is 6.60. The maximum Gasteiger partial charge on any atom is 0.0474 e. The molecule has 1 aromatic carbocycles. The summed E-state index contributed by atoms with van der Waals surface area (Å²) in [6.45, 7) is 2.59. The van der Waals surface area contributed by atoms with Gasteiger partial charge in [-0.3, -0.25) is 0 Å². The molecule has 1 fully saturated rings. The topological polar surface area (TPSA) is 32.3 Å². The SMILES string of the molecule is CC(NC1CCCC1CO)c1ccc2c(c1)CCCC2. The molecule has 3 unspecified atom stereocenters. The molecule has 2 heteroatoms. The molecule has 0 amide bonds. The third-order valence-corrected chi connectivity index (χ3v) is 5.23. The van der Waals surface area contributed by atoms with Crippen LogP contribution in [0.25, 0.3) is 0 Å². The summed E-state index contributed by atoms with van der Waals surface area (Å²) in [5, 5.41) is 13.2. The van der Waals surface area contributed by atoms with Crippen molar-refractivity contribution in [3.8, 4) is 0 Å². The standard InChI is InChI=1S/C18H27NO/c1-13(19-18-8-4-7-17(18)12-20)15-10-9-14-5-2-3-6-16(14)11-15/h9-11,13,17-20H,2-8,12H2,1H3. The summed E-state index contributed by atoms with van der Waals surface area (Å²) in [5.74, 6) is 0.454. The van der Waals surface area contributed by atoms with E-state index in [1.165, 1.54) is 50.5 Å². The van der Waals surface area contributed by atoms with Crippen molar-refractivity contribution < 1.29 is 5.11 Å². The summed E-state index contributed by atoms with van der Waals surface area (Å²) in [6, 6.07) is 7.92. The van der Waals surface area contributed by atoms with Crippen molar-refractivity contribution in [1.29, 1.82) is 0 Å². The minimum absolute atomic E-state index is 0.328. The number of aliphatic hydroxyl groups is 1. The number of rotatable bonds is 4. The van der Waals surface area contributed by atoms with Crippen LogP contribution in [0.1, 0.15) is 61.8 Å². The zero-order chi connectivity index (χ0) is 13.9. The molecule has 0 bridgehead atoms. The molecule has 0 saturated heterocycles. The lowest BCUT2D eigenvalue weighted by Gasteiger charge is -2.25. The van der Waals surface area contributed by atoms with Gasteiger partial charge in [-0.1, -0.05) is 24.6 Å². The Morgan fingerprint density at radius 3 is 2.75 bits per heavy atom. The molecule has 3 atom stereocenters. The van der Waals surface area contributed by atoms with Gasteiger partial charge in [-0.15, -0.1) is 0 Å². The Kier molecular flexibility index (Phi) is 4.42. The number of aryl methyl sites for hydroxylation is 2. The van der Waals surface area contributed by atoms with Crippen molar-refractivity contribution in [3.63, 3.8) is 0 Å².